The van der Waals surface area contributed by atoms with E-state index in [1.165, 1.54) is 6.08 Å². The lowest BCUT2D eigenvalue weighted by atomic mass is 10.0. The van der Waals surface area contributed by atoms with Gasteiger partial charge in [-0.05, 0) is 61.7 Å². The normalized spacial score (nSPS) is 15.9. The Morgan fingerprint density at radius 1 is 1.07 bits per heavy atom. The molecule has 1 aliphatic rings. The number of amides is 1. The summed E-state index contributed by atoms with van der Waals surface area (Å²) in [6.45, 7) is 5.31. The second-order valence-electron chi connectivity index (χ2n) is 7.53. The maximum Gasteiger partial charge on any atom is 0.255 e. The minimum Gasteiger partial charge on any atom is -0.349 e. The van der Waals surface area contributed by atoms with Crippen molar-refractivity contribution in [1.82, 2.24) is 10.2 Å². The Bertz CT molecular complexity index is 949. The third-order valence-electron chi connectivity index (χ3n) is 5.11. The van der Waals surface area contributed by atoms with Crippen molar-refractivity contribution in [1.29, 1.82) is 0 Å². The van der Waals surface area contributed by atoms with Crippen molar-refractivity contribution in [3.05, 3.63) is 71.1 Å². The average molecular weight is 428 g/mol. The Morgan fingerprint density at radius 3 is 2.37 bits per heavy atom. The molecule has 0 atom stereocenters. The molecule has 0 saturated carbocycles. The molecule has 6 nitrogen and oxygen atoms in total. The van der Waals surface area contributed by atoms with Crippen LogP contribution in [-0.2, 0) is 10.0 Å². The van der Waals surface area contributed by atoms with E-state index < -0.39 is 10.0 Å². The first-order valence-corrected chi connectivity index (χ1v) is 11.9. The zero-order valence-corrected chi connectivity index (χ0v) is 18.1. The molecular formula is C23H29N3O3S. The standard InChI is InChI=1S/C23H29N3O3S/c1-2-15-26-16-12-21(13-17-26)24-23(27)20-8-10-22(11-9-20)25-30(28,29)18-14-19-6-4-3-5-7-19/h3-11,14,18,21,25H,2,12-13,15-17H2,1H3,(H,24,27)/b18-14+. The van der Waals surface area contributed by atoms with Crippen LogP contribution < -0.4 is 10.0 Å². The van der Waals surface area contributed by atoms with Gasteiger partial charge in [0.2, 0.25) is 0 Å². The van der Waals surface area contributed by atoms with Crippen LogP contribution in [0.4, 0.5) is 5.69 Å². The molecule has 2 aromatic rings. The van der Waals surface area contributed by atoms with Gasteiger partial charge >= 0.3 is 0 Å². The zero-order chi connectivity index (χ0) is 21.4. The van der Waals surface area contributed by atoms with Gasteiger partial charge in [-0.15, -0.1) is 0 Å². The molecule has 1 fully saturated rings. The van der Waals surface area contributed by atoms with Crippen molar-refractivity contribution in [3.63, 3.8) is 0 Å². The second-order valence-corrected chi connectivity index (χ2v) is 9.09. The highest BCUT2D eigenvalue weighted by atomic mass is 32.2. The molecule has 1 saturated heterocycles. The molecule has 1 heterocycles. The molecular weight excluding hydrogens is 398 g/mol. The van der Waals surface area contributed by atoms with E-state index in [4.69, 9.17) is 0 Å². The number of hydrogen-bond acceptors (Lipinski definition) is 4. The number of nitrogens with zero attached hydrogens (tertiary/aromatic N) is 1. The summed E-state index contributed by atoms with van der Waals surface area (Å²) in [5, 5.41) is 4.22. The van der Waals surface area contributed by atoms with Crippen LogP contribution >= 0.6 is 0 Å². The molecule has 160 valence electrons. The smallest absolute Gasteiger partial charge is 0.255 e. The van der Waals surface area contributed by atoms with Crippen molar-refractivity contribution in [3.8, 4) is 0 Å². The van der Waals surface area contributed by atoms with E-state index >= 15 is 0 Å². The number of hydrogen-bond donors (Lipinski definition) is 2. The third kappa shape index (κ3) is 6.71. The molecule has 0 unspecified atom stereocenters. The average Bonchev–Trinajstić information content (AvgIpc) is 2.75. The van der Waals surface area contributed by atoms with Crippen molar-refractivity contribution >= 4 is 27.7 Å². The summed E-state index contributed by atoms with van der Waals surface area (Å²) < 4.78 is 27.0. The first-order valence-electron chi connectivity index (χ1n) is 10.3. The Kier molecular flexibility index (Phi) is 7.65. The van der Waals surface area contributed by atoms with E-state index in [-0.39, 0.29) is 11.9 Å². The van der Waals surface area contributed by atoms with Crippen LogP contribution in [0.25, 0.3) is 6.08 Å². The van der Waals surface area contributed by atoms with Gasteiger partial charge in [-0.2, -0.15) is 0 Å². The largest absolute Gasteiger partial charge is 0.349 e. The molecule has 0 aromatic heterocycles. The highest BCUT2D eigenvalue weighted by Gasteiger charge is 2.20. The maximum atomic E-state index is 12.5. The lowest BCUT2D eigenvalue weighted by Gasteiger charge is -2.32. The second kappa shape index (κ2) is 10.4. The van der Waals surface area contributed by atoms with Crippen LogP contribution in [0.3, 0.4) is 0 Å². The Morgan fingerprint density at radius 2 is 1.73 bits per heavy atom. The quantitative estimate of drug-likeness (QED) is 0.673. The summed E-state index contributed by atoms with van der Waals surface area (Å²) in [5.74, 6) is -0.123. The van der Waals surface area contributed by atoms with Crippen molar-refractivity contribution in [2.24, 2.45) is 0 Å². The molecule has 1 amide bonds. The van der Waals surface area contributed by atoms with Gasteiger partial charge < -0.3 is 10.2 Å². The highest BCUT2D eigenvalue weighted by Crippen LogP contribution is 2.15. The van der Waals surface area contributed by atoms with Gasteiger partial charge in [0.15, 0.2) is 0 Å². The van der Waals surface area contributed by atoms with Crippen LogP contribution in [0.2, 0.25) is 0 Å². The molecule has 0 radical (unpaired) electrons. The van der Waals surface area contributed by atoms with E-state index in [0.29, 0.717) is 11.3 Å². The highest BCUT2D eigenvalue weighted by molar-refractivity contribution is 7.95. The number of carbonyl (C=O) groups is 1. The van der Waals surface area contributed by atoms with Crippen LogP contribution in [0.15, 0.2) is 60.0 Å². The summed E-state index contributed by atoms with van der Waals surface area (Å²) in [7, 11) is -3.63. The van der Waals surface area contributed by atoms with Gasteiger partial charge in [0.25, 0.3) is 15.9 Å². The summed E-state index contributed by atoms with van der Waals surface area (Å²) in [4.78, 5) is 14.9. The topological polar surface area (TPSA) is 78.5 Å². The molecule has 0 spiro atoms. The van der Waals surface area contributed by atoms with E-state index in [2.05, 4.69) is 21.9 Å². The molecule has 7 heteroatoms. The van der Waals surface area contributed by atoms with Crippen molar-refractivity contribution < 1.29 is 13.2 Å². The molecule has 30 heavy (non-hydrogen) atoms. The van der Waals surface area contributed by atoms with Gasteiger partial charge in [0.1, 0.15) is 0 Å². The van der Waals surface area contributed by atoms with Crippen molar-refractivity contribution in [2.45, 2.75) is 32.2 Å². The Labute approximate surface area is 179 Å². The van der Waals surface area contributed by atoms with E-state index in [1.807, 2.05) is 30.3 Å². The fraction of sp³-hybridized carbons (Fsp3) is 0.348. The summed E-state index contributed by atoms with van der Waals surface area (Å²) in [5.41, 5.74) is 1.74. The van der Waals surface area contributed by atoms with E-state index in [0.717, 1.165) is 49.9 Å². The Balaban J connectivity index is 1.53. The molecule has 3 rings (SSSR count). The minimum atomic E-state index is -3.63. The minimum absolute atomic E-state index is 0.123. The Hall–Kier alpha value is -2.64. The van der Waals surface area contributed by atoms with Crippen molar-refractivity contribution in [2.75, 3.05) is 24.4 Å². The number of likely N-dealkylation sites (tertiary alicyclic amines) is 1. The lowest BCUT2D eigenvalue weighted by molar-refractivity contribution is 0.0911. The number of anilines is 1. The first kappa shape index (κ1) is 22.1. The molecule has 2 N–H and O–H groups in total. The molecule has 0 bridgehead atoms. The lowest BCUT2D eigenvalue weighted by Crippen LogP contribution is -2.44. The van der Waals surface area contributed by atoms with Gasteiger partial charge in [-0.1, -0.05) is 37.3 Å². The summed E-state index contributed by atoms with van der Waals surface area (Å²) in [6, 6.07) is 15.9. The number of benzene rings is 2. The van der Waals surface area contributed by atoms with E-state index in [1.54, 1.807) is 24.3 Å². The first-order chi connectivity index (χ1) is 14.4. The van der Waals surface area contributed by atoms with Gasteiger partial charge in [-0.3, -0.25) is 9.52 Å². The van der Waals surface area contributed by atoms with Gasteiger partial charge in [0.05, 0.1) is 5.41 Å². The predicted octanol–water partition coefficient (Wildman–Crippen LogP) is 3.70. The fourth-order valence-corrected chi connectivity index (χ4v) is 4.38. The SMILES string of the molecule is CCCN1CCC(NC(=O)c2ccc(NS(=O)(=O)/C=C/c3ccccc3)cc2)CC1. The third-order valence-corrected chi connectivity index (χ3v) is 6.12. The van der Waals surface area contributed by atoms with Gasteiger partial charge in [-0.25, -0.2) is 8.42 Å². The molecule has 1 aliphatic heterocycles. The predicted molar refractivity (Wildman–Crippen MR) is 122 cm³/mol. The van der Waals surface area contributed by atoms with Gasteiger partial charge in [0, 0.05) is 30.4 Å². The van der Waals surface area contributed by atoms with Crippen LogP contribution in [0.1, 0.15) is 42.1 Å². The number of piperidine rings is 1. The number of rotatable bonds is 8. The van der Waals surface area contributed by atoms with E-state index in [9.17, 15) is 13.2 Å². The zero-order valence-electron chi connectivity index (χ0n) is 17.3. The van der Waals surface area contributed by atoms with Crippen LogP contribution in [0.5, 0.6) is 0 Å². The summed E-state index contributed by atoms with van der Waals surface area (Å²) in [6.07, 6.45) is 4.60. The molecule has 2 aromatic carbocycles. The van der Waals surface area contributed by atoms with Crippen LogP contribution in [-0.4, -0.2) is 44.9 Å². The maximum absolute atomic E-state index is 12.5. The number of carbonyl (C=O) groups excluding carboxylic acids is 1. The number of sulfonamides is 1. The monoisotopic (exact) mass is 427 g/mol. The number of nitrogens with one attached hydrogen (secondary N) is 2. The fourth-order valence-electron chi connectivity index (χ4n) is 3.51. The summed E-state index contributed by atoms with van der Waals surface area (Å²) >= 11 is 0. The molecule has 0 aliphatic carbocycles. The van der Waals surface area contributed by atoms with Crippen LogP contribution in [0, 0.1) is 0 Å².